The van der Waals surface area contributed by atoms with Gasteiger partial charge in [0.1, 0.15) is 29.3 Å². The molecular formula is C80H113BrN12O15S2+2. The molecule has 5 amide bonds. The molecule has 0 spiro atoms. The normalized spacial score (nSPS) is 20.7. The molecule has 3 unspecified atom stereocenters. The van der Waals surface area contributed by atoms with Crippen molar-refractivity contribution in [3.8, 4) is 11.5 Å². The summed E-state index contributed by atoms with van der Waals surface area (Å²) in [6, 6.07) is 19.2. The average molecular weight is 1630 g/mol. The van der Waals surface area contributed by atoms with Gasteiger partial charge in [0.2, 0.25) is 29.5 Å². The van der Waals surface area contributed by atoms with Crippen LogP contribution in [0.5, 0.6) is 11.5 Å². The number of nitrogens with one attached hydrogen (secondary N) is 5. The van der Waals surface area contributed by atoms with Crippen LogP contribution in [-0.2, 0) is 77.2 Å². The molecule has 27 nitrogen and oxygen atoms in total. The molecule has 4 aromatic carbocycles. The summed E-state index contributed by atoms with van der Waals surface area (Å²) in [6.45, 7) is 11.3. The molecule has 5 atom stereocenters. The molecule has 0 bridgehead atoms. The Hall–Kier alpha value is -8.94. The number of aryl methyl sites for hydroxylation is 1. The summed E-state index contributed by atoms with van der Waals surface area (Å²) in [5, 5.41) is 32.8. The van der Waals surface area contributed by atoms with Crippen LogP contribution in [0.4, 0.5) is 11.4 Å². The fraction of sp³-hybridized carbons (Fsp3) is 0.500. The van der Waals surface area contributed by atoms with Crippen molar-refractivity contribution in [1.82, 2.24) is 26.6 Å². The number of aromatic hydroxyl groups is 1. The van der Waals surface area contributed by atoms with Crippen molar-refractivity contribution < 1.29 is 78.9 Å². The summed E-state index contributed by atoms with van der Waals surface area (Å²) < 4.78 is 70.0. The minimum Gasteiger partial charge on any atom is -0.508 e. The molecule has 1 aliphatic carbocycles. The van der Waals surface area contributed by atoms with E-state index in [4.69, 9.17) is 16.2 Å². The second-order valence-electron chi connectivity index (χ2n) is 32.1. The van der Waals surface area contributed by atoms with Gasteiger partial charge in [-0.2, -0.15) is 8.42 Å². The van der Waals surface area contributed by atoms with Crippen LogP contribution >= 0.6 is 17.0 Å². The number of ketones is 1. The lowest BCUT2D eigenvalue weighted by molar-refractivity contribution is -0.870. The molecule has 3 heterocycles. The highest BCUT2D eigenvalue weighted by Crippen LogP contribution is 2.50. The number of aliphatic imine (C=N–C) groups is 1. The minimum absolute atomic E-state index is 0. The third kappa shape index (κ3) is 24.8. The van der Waals surface area contributed by atoms with Gasteiger partial charge < -0.3 is 71.8 Å². The predicted molar refractivity (Wildman–Crippen MR) is 430 cm³/mol. The van der Waals surface area contributed by atoms with Crippen molar-refractivity contribution in [2.45, 2.75) is 169 Å². The van der Waals surface area contributed by atoms with E-state index in [1.54, 1.807) is 18.2 Å². The largest absolute Gasteiger partial charge is 0.508 e. The van der Waals surface area contributed by atoms with Crippen molar-refractivity contribution >= 4 is 95.6 Å². The van der Waals surface area contributed by atoms with Gasteiger partial charge in [-0.3, -0.25) is 43.1 Å². The number of unbranched alkanes of at least 4 members (excludes halogenated alkanes) is 1. The van der Waals surface area contributed by atoms with Crippen LogP contribution in [0.15, 0.2) is 147 Å². The van der Waals surface area contributed by atoms with Crippen LogP contribution in [0.3, 0.4) is 0 Å². The number of sulfone groups is 1. The van der Waals surface area contributed by atoms with E-state index in [1.165, 1.54) is 36.6 Å². The van der Waals surface area contributed by atoms with Gasteiger partial charge in [0.15, 0.2) is 21.6 Å². The number of Topliss-reactive ketones (excluding diaryl/α,β-unsaturated/α-hetero) is 1. The molecule has 4 aromatic rings. The maximum atomic E-state index is 14.5. The number of carboxylic acids is 1. The van der Waals surface area contributed by atoms with Gasteiger partial charge in [-0.25, -0.2) is 8.42 Å². The zero-order valence-electron chi connectivity index (χ0n) is 65.2. The first-order chi connectivity index (χ1) is 51.1. The molecule has 0 radical (unpaired) electrons. The van der Waals surface area contributed by atoms with Crippen LogP contribution in [0.1, 0.15) is 133 Å². The Morgan fingerprint density at radius 1 is 0.727 bits per heavy atom. The number of anilines is 2. The Bertz CT molecular complexity index is 4410. The topological polar surface area (TPSA) is 389 Å². The minimum atomic E-state index is -4.50. The molecule has 12 N–H and O–H groups in total. The number of allylic oxidation sites excluding steroid dienone is 6. The Morgan fingerprint density at radius 2 is 1.36 bits per heavy atom. The van der Waals surface area contributed by atoms with Gasteiger partial charge in [-0.05, 0) is 158 Å². The lowest BCUT2D eigenvalue weighted by atomic mass is 9.80. The molecule has 0 saturated carbocycles. The number of carboxylic acid groups (broad SMARTS) is 1. The summed E-state index contributed by atoms with van der Waals surface area (Å²) in [6.07, 6.45) is 13.8. The number of nitrogens with two attached hydrogens (primary N) is 2. The third-order valence-corrected chi connectivity index (χ3v) is 22.4. The van der Waals surface area contributed by atoms with Crippen LogP contribution in [-0.4, -0.2) is 206 Å². The number of nitrogens with zero attached hydrogens (tertiary/aromatic N) is 5. The van der Waals surface area contributed by atoms with Crippen LogP contribution in [0.2, 0.25) is 0 Å². The number of guanidine groups is 1. The maximum absolute atomic E-state index is 14.5. The van der Waals surface area contributed by atoms with Crippen molar-refractivity contribution in [3.05, 3.63) is 154 Å². The number of carbonyl (C=O) groups is 7. The summed E-state index contributed by atoms with van der Waals surface area (Å²) in [5.74, 6) is -5.69. The number of fused-ring (bicyclic) bond motifs is 2. The highest BCUT2D eigenvalue weighted by molar-refractivity contribution is 8.93. The average Bonchev–Trinajstić information content (AvgIpc) is 1.59. The van der Waals surface area contributed by atoms with Crippen LogP contribution < -0.4 is 52.6 Å². The van der Waals surface area contributed by atoms with Gasteiger partial charge >= 0.3 is 5.97 Å². The molecule has 1 saturated heterocycles. The first-order valence-electron chi connectivity index (χ1n) is 37.3. The van der Waals surface area contributed by atoms with Crippen molar-refractivity contribution in [2.75, 3.05) is 104 Å². The number of ether oxygens (including phenoxy) is 1. The molecule has 3 aliphatic heterocycles. The number of rotatable bonds is 31. The first kappa shape index (κ1) is 88.3. The Balaban J connectivity index is 0.0000168. The number of hydrogen-bond donors (Lipinski definition) is 10. The van der Waals surface area contributed by atoms with E-state index in [9.17, 15) is 65.2 Å². The standard InChI is InChI=1S/C80H110N12O15S2.BrH/c1-79(2)61-48-59(108(11,102)103)33-35-66(61)89(42-16-44-91(5,6)7)69(79)37-27-54-19-14-20-55(28-38-70-80(3,4)62-49-60(109(104,105)106)34-36-67(62)90(70)43-17-45-92(8,9)10)74(54)107-58-31-24-52(25-32-58)26-39-71(95)83-40-13-12-18-56-47-68(94)64(46-53-22-29-57(93)30-23-53)88-77(101)65(50-73(97)98)86-72(96)51-85-76(100)63(87-75(56)99)21-15-41-84-78(81)82;/h22-25,27-38,48-49,56,63-65,70H,12-21,26,39-47,50-51H2,1-11H3,(H10-2,81,82,83,84,85,86,87,88,93,95,96,97,98,99,100,101,104,105,106);1H/p+2/b38-28+,54-27+,69-37+;/t56-,63?,64-,65?,70?;/m1./s1. The summed E-state index contributed by atoms with van der Waals surface area (Å²) in [5.41, 5.74) is 17.7. The smallest absolute Gasteiger partial charge is 0.305 e. The Labute approximate surface area is 658 Å². The molecule has 600 valence electrons. The summed E-state index contributed by atoms with van der Waals surface area (Å²) >= 11 is 0. The highest BCUT2D eigenvalue weighted by Gasteiger charge is 2.45. The first-order valence-corrected chi connectivity index (χ1v) is 40.6. The number of hydrogen-bond acceptors (Lipinski definition) is 16. The number of amides is 5. The third-order valence-electron chi connectivity index (χ3n) is 20.5. The number of benzene rings is 4. The quantitative estimate of drug-likeness (QED) is 0.00788. The van der Waals surface area contributed by atoms with Gasteiger partial charge in [-0.15, -0.1) is 17.0 Å². The zero-order valence-corrected chi connectivity index (χ0v) is 68.5. The van der Waals surface area contributed by atoms with Gasteiger partial charge in [0.05, 0.1) is 90.2 Å². The lowest BCUT2D eigenvalue weighted by Gasteiger charge is -2.33. The lowest BCUT2D eigenvalue weighted by Crippen LogP contribution is -2.54. The SMILES string of the molecule is Br.CC1(C)/C(=C\C=C2/CCCC(/C=C/C3N(CCC[N+](C)(C)C)c4ccc(S(=O)(=O)O)cc4C3(C)C)=C2Oc2ccc(CCC(=O)NCCCC[C@@H]3CC(=O)[C@@H](Cc4ccc(O)cc4)NC(=O)C(CC(=O)O)NC(=O)CNC(=O)C(CCCN=C(N)N)NC3=O)cc2)N(CCC[N+](C)(C)C)c2ccc(S(C)(=O)=O)cc21. The molecule has 4 aliphatic rings. The molecule has 8 rings (SSSR count). The second kappa shape index (κ2) is 37.9. The highest BCUT2D eigenvalue weighted by atomic mass is 79.9. The van der Waals surface area contributed by atoms with E-state index in [0.717, 1.165) is 86.2 Å². The summed E-state index contributed by atoms with van der Waals surface area (Å²) in [7, 11) is 4.92. The number of carbonyl (C=O) groups excluding carboxylic acids is 6. The monoisotopic (exact) mass is 1620 g/mol. The Morgan fingerprint density at radius 3 is 2.01 bits per heavy atom. The molecule has 1 fully saturated rings. The summed E-state index contributed by atoms with van der Waals surface area (Å²) in [4.78, 5) is 104. The fourth-order valence-corrected chi connectivity index (χ4v) is 15.7. The number of phenols is 1. The zero-order chi connectivity index (χ0) is 80.0. The second-order valence-corrected chi connectivity index (χ2v) is 35.6. The van der Waals surface area contributed by atoms with Gasteiger partial charge in [0, 0.05) is 91.9 Å². The van der Waals surface area contributed by atoms with E-state index in [0.29, 0.717) is 62.3 Å². The number of quaternary nitrogens is 2. The van der Waals surface area contributed by atoms with E-state index >= 15 is 0 Å². The van der Waals surface area contributed by atoms with Crippen LogP contribution in [0.25, 0.3) is 0 Å². The fourth-order valence-electron chi connectivity index (χ4n) is 14.5. The molecule has 30 heteroatoms. The maximum Gasteiger partial charge on any atom is 0.305 e. The molecule has 110 heavy (non-hydrogen) atoms. The number of halogens is 1. The molecular weight excluding hydrogens is 1510 g/mol. The van der Waals surface area contributed by atoms with Gasteiger partial charge in [-0.1, -0.05) is 76.6 Å². The van der Waals surface area contributed by atoms with E-state index in [2.05, 4.69) is 136 Å². The van der Waals surface area contributed by atoms with E-state index in [-0.39, 0.29) is 95.6 Å². The van der Waals surface area contributed by atoms with Crippen molar-refractivity contribution in [2.24, 2.45) is 22.4 Å². The predicted octanol–water partition coefficient (Wildman–Crippen LogP) is 7.11. The Kier molecular flexibility index (Phi) is 30.4. The number of aliphatic carboxylic acids is 1. The van der Waals surface area contributed by atoms with Crippen LogP contribution in [0, 0.1) is 5.92 Å². The van der Waals surface area contributed by atoms with E-state index in [1.807, 2.05) is 36.4 Å². The number of phenolic OH excluding ortho intramolecular Hbond substituents is 1. The van der Waals surface area contributed by atoms with Crippen molar-refractivity contribution in [3.63, 3.8) is 0 Å². The van der Waals surface area contributed by atoms with E-state index < -0.39 is 110 Å². The van der Waals surface area contributed by atoms with Crippen molar-refractivity contribution in [1.29, 1.82) is 0 Å². The van der Waals surface area contributed by atoms with Gasteiger partial charge in [0.25, 0.3) is 10.1 Å². The molecule has 0 aromatic heterocycles.